The Labute approximate surface area is 96.8 Å². The molecule has 0 aromatic heterocycles. The fourth-order valence-corrected chi connectivity index (χ4v) is 2.25. The molecule has 0 aliphatic heterocycles. The van der Waals surface area contributed by atoms with Crippen LogP contribution in [-0.2, 0) is 4.79 Å². The Bertz CT molecular complexity index is 408. The number of carboxylic acid groups (broad SMARTS) is 1. The van der Waals surface area contributed by atoms with Crippen LogP contribution >= 0.6 is 0 Å². The number of rotatable bonds is 4. The maximum Gasteiger partial charge on any atom is 0.303 e. The van der Waals surface area contributed by atoms with Gasteiger partial charge in [-0.3, -0.25) is 4.79 Å². The average Bonchev–Trinajstić information content (AvgIpc) is 2.93. The summed E-state index contributed by atoms with van der Waals surface area (Å²) in [5.74, 6) is -2.76. The van der Waals surface area contributed by atoms with E-state index in [0.29, 0.717) is 18.9 Å². The van der Waals surface area contributed by atoms with Gasteiger partial charge in [0.15, 0.2) is 6.17 Å². The van der Waals surface area contributed by atoms with Crippen molar-refractivity contribution in [2.75, 3.05) is 0 Å². The summed E-state index contributed by atoms with van der Waals surface area (Å²) in [5, 5.41) is 8.72. The molecule has 1 N–H and O–H groups in total. The maximum absolute atomic E-state index is 13.4. The Balaban J connectivity index is 2.09. The van der Waals surface area contributed by atoms with Crippen molar-refractivity contribution >= 4 is 5.97 Å². The normalized spacial score (nSPS) is 26.8. The van der Waals surface area contributed by atoms with E-state index in [1.807, 2.05) is 0 Å². The molecule has 0 bridgehead atoms. The predicted molar refractivity (Wildman–Crippen MR) is 55.4 cm³/mol. The molecule has 2 aliphatic carbocycles. The molecule has 0 heterocycles. The van der Waals surface area contributed by atoms with E-state index < -0.39 is 29.2 Å². The smallest absolute Gasteiger partial charge is 0.303 e. The largest absolute Gasteiger partial charge is 0.481 e. The third kappa shape index (κ3) is 2.70. The highest BCUT2D eigenvalue weighted by molar-refractivity contribution is 5.68. The number of hydrogen-bond acceptors (Lipinski definition) is 1. The number of halogens is 3. The minimum Gasteiger partial charge on any atom is -0.481 e. The summed E-state index contributed by atoms with van der Waals surface area (Å²) >= 11 is 0. The standard InChI is InChI=1S/C12H13F3O2/c13-8-4-10(15)9(14)3-7(8)5-12(1-2-12)6-11(16)17/h4,9H,1-3,5-6H2,(H,16,17). The summed E-state index contributed by atoms with van der Waals surface area (Å²) in [4.78, 5) is 10.6. The molecule has 2 aliphatic rings. The van der Waals surface area contributed by atoms with Gasteiger partial charge in [-0.25, -0.2) is 13.2 Å². The number of allylic oxidation sites excluding steroid dienone is 4. The Morgan fingerprint density at radius 3 is 2.65 bits per heavy atom. The van der Waals surface area contributed by atoms with Gasteiger partial charge in [0.1, 0.15) is 11.7 Å². The molecule has 1 unspecified atom stereocenters. The predicted octanol–water partition coefficient (Wildman–Crippen LogP) is 3.45. The zero-order valence-electron chi connectivity index (χ0n) is 9.18. The van der Waals surface area contributed by atoms with Gasteiger partial charge < -0.3 is 5.11 Å². The summed E-state index contributed by atoms with van der Waals surface area (Å²) < 4.78 is 39.3. The SMILES string of the molecule is O=C(O)CC1(CC2=C(F)C=C(F)C(F)C2)CC1. The Hall–Kier alpha value is -1.26. The highest BCUT2D eigenvalue weighted by atomic mass is 19.2. The van der Waals surface area contributed by atoms with Crippen LogP contribution in [0.15, 0.2) is 23.3 Å². The van der Waals surface area contributed by atoms with Crippen LogP contribution in [0.2, 0.25) is 0 Å². The van der Waals surface area contributed by atoms with Crippen LogP contribution in [0.3, 0.4) is 0 Å². The van der Waals surface area contributed by atoms with Crippen molar-refractivity contribution in [3.63, 3.8) is 0 Å². The minimum atomic E-state index is -1.79. The molecular formula is C12H13F3O2. The van der Waals surface area contributed by atoms with Crippen molar-refractivity contribution in [3.05, 3.63) is 23.3 Å². The van der Waals surface area contributed by atoms with E-state index in [1.165, 1.54) is 0 Å². The van der Waals surface area contributed by atoms with Gasteiger partial charge in [-0.1, -0.05) is 0 Å². The van der Waals surface area contributed by atoms with E-state index in [0.717, 1.165) is 0 Å². The van der Waals surface area contributed by atoms with Gasteiger partial charge >= 0.3 is 5.97 Å². The molecule has 0 amide bonds. The zero-order valence-corrected chi connectivity index (χ0v) is 9.18. The van der Waals surface area contributed by atoms with Gasteiger partial charge in [0.05, 0.1) is 6.42 Å². The molecule has 1 saturated carbocycles. The van der Waals surface area contributed by atoms with Crippen molar-refractivity contribution in [1.29, 1.82) is 0 Å². The molecule has 0 aromatic rings. The molecule has 0 spiro atoms. The monoisotopic (exact) mass is 246 g/mol. The van der Waals surface area contributed by atoms with Crippen LogP contribution in [0.4, 0.5) is 13.2 Å². The number of carboxylic acids is 1. The fourth-order valence-electron chi connectivity index (χ4n) is 2.25. The molecule has 0 aromatic carbocycles. The van der Waals surface area contributed by atoms with E-state index in [-0.39, 0.29) is 24.8 Å². The van der Waals surface area contributed by atoms with Crippen LogP contribution in [0.1, 0.15) is 32.1 Å². The lowest BCUT2D eigenvalue weighted by atomic mass is 9.88. The van der Waals surface area contributed by atoms with E-state index in [2.05, 4.69) is 0 Å². The summed E-state index contributed by atoms with van der Waals surface area (Å²) in [6.07, 6.45) is 0.0847. The van der Waals surface area contributed by atoms with Crippen molar-refractivity contribution in [3.8, 4) is 0 Å². The number of aliphatic carboxylic acids is 1. The van der Waals surface area contributed by atoms with Crippen molar-refractivity contribution < 1.29 is 23.1 Å². The highest BCUT2D eigenvalue weighted by Crippen LogP contribution is 2.54. The Kier molecular flexibility index (Phi) is 3.02. The van der Waals surface area contributed by atoms with Gasteiger partial charge in [0, 0.05) is 12.5 Å². The molecule has 1 fully saturated rings. The Morgan fingerprint density at radius 2 is 2.12 bits per heavy atom. The third-order valence-electron chi connectivity index (χ3n) is 3.40. The minimum absolute atomic E-state index is 0.0348. The number of hydrogen-bond donors (Lipinski definition) is 1. The molecule has 1 atom stereocenters. The van der Waals surface area contributed by atoms with E-state index >= 15 is 0 Å². The molecular weight excluding hydrogens is 233 g/mol. The average molecular weight is 246 g/mol. The fraction of sp³-hybridized carbons (Fsp3) is 0.583. The van der Waals surface area contributed by atoms with Crippen LogP contribution in [0, 0.1) is 5.41 Å². The summed E-state index contributed by atoms with van der Waals surface area (Å²) in [7, 11) is 0. The van der Waals surface area contributed by atoms with E-state index in [4.69, 9.17) is 5.11 Å². The van der Waals surface area contributed by atoms with Crippen LogP contribution < -0.4 is 0 Å². The van der Waals surface area contributed by atoms with Crippen LogP contribution in [-0.4, -0.2) is 17.2 Å². The second-order valence-corrected chi connectivity index (χ2v) is 4.90. The van der Waals surface area contributed by atoms with Gasteiger partial charge in [-0.05, 0) is 30.3 Å². The summed E-state index contributed by atoms with van der Waals surface area (Å²) in [6.45, 7) is 0. The first kappa shape index (κ1) is 12.2. The molecule has 0 saturated heterocycles. The lowest BCUT2D eigenvalue weighted by Gasteiger charge is -2.20. The first-order chi connectivity index (χ1) is 7.92. The van der Waals surface area contributed by atoms with Crippen molar-refractivity contribution in [1.82, 2.24) is 0 Å². The molecule has 2 rings (SSSR count). The highest BCUT2D eigenvalue weighted by Gasteiger charge is 2.45. The number of carbonyl (C=O) groups is 1. The molecule has 5 heteroatoms. The van der Waals surface area contributed by atoms with Gasteiger partial charge in [-0.2, -0.15) is 0 Å². The third-order valence-corrected chi connectivity index (χ3v) is 3.40. The molecule has 17 heavy (non-hydrogen) atoms. The number of alkyl halides is 1. The first-order valence-corrected chi connectivity index (χ1v) is 5.52. The quantitative estimate of drug-likeness (QED) is 0.824. The van der Waals surface area contributed by atoms with Gasteiger partial charge in [0.2, 0.25) is 0 Å². The van der Waals surface area contributed by atoms with Crippen LogP contribution in [0.5, 0.6) is 0 Å². The summed E-state index contributed by atoms with van der Waals surface area (Å²) in [5.41, 5.74) is -0.225. The van der Waals surface area contributed by atoms with Crippen molar-refractivity contribution in [2.45, 2.75) is 38.3 Å². The second kappa shape index (κ2) is 4.20. The first-order valence-electron chi connectivity index (χ1n) is 5.52. The lowest BCUT2D eigenvalue weighted by molar-refractivity contribution is -0.138. The Morgan fingerprint density at radius 1 is 1.47 bits per heavy atom. The maximum atomic E-state index is 13.4. The molecule has 2 nitrogen and oxygen atoms in total. The second-order valence-electron chi connectivity index (χ2n) is 4.90. The van der Waals surface area contributed by atoms with Crippen LogP contribution in [0.25, 0.3) is 0 Å². The van der Waals surface area contributed by atoms with Gasteiger partial charge in [-0.15, -0.1) is 0 Å². The van der Waals surface area contributed by atoms with E-state index in [1.54, 1.807) is 0 Å². The molecule has 0 radical (unpaired) electrons. The van der Waals surface area contributed by atoms with Gasteiger partial charge in [0.25, 0.3) is 0 Å². The van der Waals surface area contributed by atoms with E-state index in [9.17, 15) is 18.0 Å². The summed E-state index contributed by atoms with van der Waals surface area (Å²) in [6, 6.07) is 0. The topological polar surface area (TPSA) is 37.3 Å². The van der Waals surface area contributed by atoms with Crippen molar-refractivity contribution in [2.24, 2.45) is 5.41 Å². The lowest BCUT2D eigenvalue weighted by Crippen LogP contribution is -2.14. The zero-order chi connectivity index (χ0) is 12.6. The molecule has 94 valence electrons.